The highest BCUT2D eigenvalue weighted by molar-refractivity contribution is 4.81. The molecule has 0 spiro atoms. The molecular weight excluding hydrogens is 134 g/mol. The Morgan fingerprint density at radius 2 is 2.60 bits per heavy atom. The topological polar surface area (TPSA) is 71.8 Å². The van der Waals surface area contributed by atoms with Gasteiger partial charge in [0.15, 0.2) is 0 Å². The van der Waals surface area contributed by atoms with Gasteiger partial charge in [-0.05, 0) is 0 Å². The molecule has 0 radical (unpaired) electrons. The van der Waals surface area contributed by atoms with Crippen molar-refractivity contribution in [1.82, 2.24) is 5.32 Å². The second kappa shape index (κ2) is 3.17. The van der Waals surface area contributed by atoms with Gasteiger partial charge in [0.05, 0.1) is 11.5 Å². The molecule has 1 aliphatic heterocycles. The van der Waals surface area contributed by atoms with Crippen LogP contribution in [-0.2, 0) is 0 Å². The molecule has 1 aliphatic rings. The third-order valence-corrected chi connectivity index (χ3v) is 1.32. The highest BCUT2D eigenvalue weighted by atomic mass is 16.6. The summed E-state index contributed by atoms with van der Waals surface area (Å²) in [5.41, 5.74) is 0. The van der Waals surface area contributed by atoms with Gasteiger partial charge < -0.3 is 5.32 Å². The molecule has 0 aromatic carbocycles. The maximum absolute atomic E-state index is 9.94. The first-order chi connectivity index (χ1) is 4.79. The number of rotatable bonds is 1. The van der Waals surface area contributed by atoms with Gasteiger partial charge in [0.25, 0.3) is 5.82 Å². The van der Waals surface area contributed by atoms with Crippen molar-refractivity contribution in [3.8, 4) is 0 Å². The van der Waals surface area contributed by atoms with E-state index in [9.17, 15) is 10.1 Å². The fourth-order valence-corrected chi connectivity index (χ4v) is 0.876. The molecule has 1 rings (SSSR count). The molecule has 1 heterocycles. The van der Waals surface area contributed by atoms with Crippen LogP contribution in [0.3, 0.4) is 0 Å². The summed E-state index contributed by atoms with van der Waals surface area (Å²) in [6.45, 7) is 1.78. The molecule has 56 valence electrons. The summed E-state index contributed by atoms with van der Waals surface area (Å²) < 4.78 is 0. The van der Waals surface area contributed by atoms with Gasteiger partial charge in [0.1, 0.15) is 0 Å². The predicted octanol–water partition coefficient (Wildman–Crippen LogP) is -1.38. The number of nitrogens with two attached hydrogens (primary N) is 1. The highest BCUT2D eigenvalue weighted by Gasteiger charge is 2.10. The van der Waals surface area contributed by atoms with E-state index in [0.29, 0.717) is 5.82 Å². The number of hydrogen-bond donors (Lipinski definition) is 2. The minimum Gasteiger partial charge on any atom is -0.336 e. The van der Waals surface area contributed by atoms with Crippen molar-refractivity contribution in [2.45, 2.75) is 6.42 Å². The predicted molar refractivity (Wildman–Crippen MR) is 34.5 cm³/mol. The largest absolute Gasteiger partial charge is 0.336 e. The van der Waals surface area contributed by atoms with Gasteiger partial charge in [0.2, 0.25) is 0 Å². The molecule has 5 heteroatoms. The van der Waals surface area contributed by atoms with E-state index in [1.54, 1.807) is 0 Å². The quantitative estimate of drug-likeness (QED) is 0.352. The second-order valence-corrected chi connectivity index (χ2v) is 2.14. The number of nitro groups is 1. The van der Waals surface area contributed by atoms with Crippen molar-refractivity contribution in [1.29, 1.82) is 0 Å². The van der Waals surface area contributed by atoms with E-state index in [2.05, 4.69) is 5.32 Å². The molecule has 3 N–H and O–H groups in total. The Labute approximate surface area is 58.3 Å². The van der Waals surface area contributed by atoms with Gasteiger partial charge in [-0.15, -0.1) is 0 Å². The molecule has 0 atom stereocenters. The molecule has 0 aromatic rings. The summed E-state index contributed by atoms with van der Waals surface area (Å²) in [6, 6.07) is 0. The van der Waals surface area contributed by atoms with Crippen LogP contribution >= 0.6 is 0 Å². The average molecular weight is 144 g/mol. The summed E-state index contributed by atoms with van der Waals surface area (Å²) >= 11 is 0. The summed E-state index contributed by atoms with van der Waals surface area (Å²) in [4.78, 5) is 9.50. The van der Waals surface area contributed by atoms with E-state index in [-0.39, 0.29) is 0 Å². The third-order valence-electron chi connectivity index (χ3n) is 1.32. The van der Waals surface area contributed by atoms with E-state index >= 15 is 0 Å². The molecule has 0 unspecified atom stereocenters. The molecular formula is C5H10N3O2+. The standard InChI is InChI=1S/C5H9N3O2/c9-8(10)4-5-6-2-1-3-7-5/h4,6-7H,1-3H2/p+1. The first-order valence-electron chi connectivity index (χ1n) is 3.21. The summed E-state index contributed by atoms with van der Waals surface area (Å²) in [6.07, 6.45) is 2.06. The van der Waals surface area contributed by atoms with Crippen LogP contribution in [-0.4, -0.2) is 18.0 Å². The monoisotopic (exact) mass is 144 g/mol. The Morgan fingerprint density at radius 1 is 1.80 bits per heavy atom. The van der Waals surface area contributed by atoms with Crippen LogP contribution in [0.5, 0.6) is 0 Å². The number of nitrogens with one attached hydrogen (secondary N) is 1. The molecule has 1 saturated heterocycles. The molecule has 5 nitrogen and oxygen atoms in total. The Bertz CT molecular complexity index is 158. The van der Waals surface area contributed by atoms with Crippen LogP contribution in [0.15, 0.2) is 12.0 Å². The molecule has 0 aromatic heterocycles. The van der Waals surface area contributed by atoms with Crippen LogP contribution in [0.4, 0.5) is 0 Å². The summed E-state index contributed by atoms with van der Waals surface area (Å²) in [5.74, 6) is 0.635. The molecule has 10 heavy (non-hydrogen) atoms. The van der Waals surface area contributed by atoms with E-state index in [4.69, 9.17) is 0 Å². The van der Waals surface area contributed by atoms with Gasteiger partial charge >= 0.3 is 6.20 Å². The number of nitrogens with zero attached hydrogens (tertiary/aromatic N) is 1. The minimum atomic E-state index is -0.440. The summed E-state index contributed by atoms with van der Waals surface area (Å²) in [5, 5.41) is 14.7. The van der Waals surface area contributed by atoms with Crippen molar-refractivity contribution in [2.24, 2.45) is 0 Å². The second-order valence-electron chi connectivity index (χ2n) is 2.14. The fraction of sp³-hybridized carbons (Fsp3) is 0.600. The smallest absolute Gasteiger partial charge is 0.312 e. The number of quaternary nitrogens is 1. The molecule has 0 saturated carbocycles. The van der Waals surface area contributed by atoms with Crippen molar-refractivity contribution >= 4 is 0 Å². The van der Waals surface area contributed by atoms with E-state index in [0.717, 1.165) is 25.7 Å². The van der Waals surface area contributed by atoms with Gasteiger partial charge in [-0.2, -0.15) is 0 Å². The lowest BCUT2D eigenvalue weighted by atomic mass is 10.3. The lowest BCUT2D eigenvalue weighted by Gasteiger charge is -2.10. The zero-order valence-corrected chi connectivity index (χ0v) is 5.54. The average Bonchev–Trinajstić information content (AvgIpc) is 1.88. The Kier molecular flexibility index (Phi) is 2.22. The first-order valence-corrected chi connectivity index (χ1v) is 3.21. The zero-order valence-electron chi connectivity index (χ0n) is 5.54. The number of hydrogen-bond acceptors (Lipinski definition) is 3. The van der Waals surface area contributed by atoms with Gasteiger partial charge in [-0.25, -0.2) is 0 Å². The van der Waals surface area contributed by atoms with Crippen LogP contribution < -0.4 is 10.6 Å². The maximum atomic E-state index is 9.94. The maximum Gasteiger partial charge on any atom is 0.312 e. The van der Waals surface area contributed by atoms with Gasteiger partial charge in [-0.3, -0.25) is 15.4 Å². The van der Waals surface area contributed by atoms with Gasteiger partial charge in [-0.1, -0.05) is 0 Å². The van der Waals surface area contributed by atoms with Crippen LogP contribution in [0.2, 0.25) is 0 Å². The van der Waals surface area contributed by atoms with E-state index < -0.39 is 4.92 Å². The van der Waals surface area contributed by atoms with E-state index in [1.807, 2.05) is 5.32 Å². The lowest BCUT2D eigenvalue weighted by Crippen LogP contribution is -2.87. The van der Waals surface area contributed by atoms with Crippen molar-refractivity contribution in [2.75, 3.05) is 13.1 Å². The third kappa shape index (κ3) is 2.02. The Morgan fingerprint density at radius 3 is 3.10 bits per heavy atom. The summed E-state index contributed by atoms with van der Waals surface area (Å²) in [7, 11) is 0. The fourth-order valence-electron chi connectivity index (χ4n) is 0.876. The minimum absolute atomic E-state index is 0.440. The van der Waals surface area contributed by atoms with Crippen LogP contribution in [0, 0.1) is 10.1 Å². The lowest BCUT2D eigenvalue weighted by molar-refractivity contribution is -0.624. The Balaban J connectivity index is 2.45. The Hall–Kier alpha value is -1.10. The highest BCUT2D eigenvalue weighted by Crippen LogP contribution is 1.83. The van der Waals surface area contributed by atoms with Crippen LogP contribution in [0.25, 0.3) is 0 Å². The molecule has 0 amide bonds. The van der Waals surface area contributed by atoms with Crippen LogP contribution in [0.1, 0.15) is 6.42 Å². The van der Waals surface area contributed by atoms with Crippen molar-refractivity contribution in [3.05, 3.63) is 22.1 Å². The SMILES string of the molecule is O=[N+]([O-])C=C1NCCC[NH2+]1. The normalized spacial score (nSPS) is 22.2. The van der Waals surface area contributed by atoms with Gasteiger partial charge in [0, 0.05) is 13.0 Å². The molecule has 0 bridgehead atoms. The molecule has 0 aliphatic carbocycles. The van der Waals surface area contributed by atoms with E-state index in [1.165, 1.54) is 0 Å². The first kappa shape index (κ1) is 7.01. The molecule has 1 fully saturated rings. The van der Waals surface area contributed by atoms with Crippen molar-refractivity contribution in [3.63, 3.8) is 0 Å². The van der Waals surface area contributed by atoms with Crippen molar-refractivity contribution < 1.29 is 10.2 Å². The zero-order chi connectivity index (χ0) is 7.40.